The maximum Gasteiger partial charge on any atom is 0.410 e. The van der Waals surface area contributed by atoms with Gasteiger partial charge in [0, 0.05) is 31.7 Å². The van der Waals surface area contributed by atoms with Crippen LogP contribution in [-0.2, 0) is 4.74 Å². The normalized spacial score (nSPS) is 20.0. The SMILES string of the molecule is CCCOC(=O)N1CC=C(C2=CC=C[NH2+]/C2=N\C(N)=Nc2ccc(C(=O)N(C)C3CCN(C)CC3)cc2)CC1. The molecule has 1 aromatic rings. The van der Waals surface area contributed by atoms with Crippen LogP contribution < -0.4 is 11.1 Å². The summed E-state index contributed by atoms with van der Waals surface area (Å²) in [5.41, 5.74) is 9.55. The van der Waals surface area contributed by atoms with E-state index in [9.17, 15) is 9.59 Å². The van der Waals surface area contributed by atoms with Crippen molar-refractivity contribution in [3.63, 3.8) is 0 Å². The minimum absolute atomic E-state index is 0.0182. The monoisotopic (exact) mass is 534 g/mol. The molecule has 0 unspecified atom stereocenters. The molecule has 0 radical (unpaired) electrons. The van der Waals surface area contributed by atoms with Crippen LogP contribution in [0.4, 0.5) is 10.5 Å². The maximum atomic E-state index is 13.0. The number of aliphatic imine (C=N–C) groups is 2. The molecule has 4 rings (SSSR count). The van der Waals surface area contributed by atoms with Gasteiger partial charge in [0.2, 0.25) is 11.8 Å². The van der Waals surface area contributed by atoms with Gasteiger partial charge in [-0.25, -0.2) is 9.79 Å². The van der Waals surface area contributed by atoms with Crippen LogP contribution in [0.3, 0.4) is 0 Å². The van der Waals surface area contributed by atoms with Crippen LogP contribution in [-0.4, -0.2) is 91.4 Å². The van der Waals surface area contributed by atoms with Crippen molar-refractivity contribution in [3.05, 3.63) is 65.4 Å². The predicted octanol–water partition coefficient (Wildman–Crippen LogP) is 2.39. The molecule has 3 aliphatic heterocycles. The van der Waals surface area contributed by atoms with Crippen molar-refractivity contribution in [3.8, 4) is 0 Å². The van der Waals surface area contributed by atoms with Crippen molar-refractivity contribution in [2.75, 3.05) is 46.9 Å². The van der Waals surface area contributed by atoms with Crippen molar-refractivity contribution in [2.45, 2.75) is 38.6 Å². The van der Waals surface area contributed by atoms with Crippen LogP contribution >= 0.6 is 0 Å². The number of amides is 2. The molecule has 3 aliphatic rings. The lowest BCUT2D eigenvalue weighted by Crippen LogP contribution is -2.83. The maximum absolute atomic E-state index is 13.0. The molecule has 0 bridgehead atoms. The largest absolute Gasteiger partial charge is 0.449 e. The highest BCUT2D eigenvalue weighted by atomic mass is 16.6. The lowest BCUT2D eigenvalue weighted by molar-refractivity contribution is -0.461. The first-order valence-corrected chi connectivity index (χ1v) is 13.7. The zero-order valence-electron chi connectivity index (χ0n) is 23.2. The quantitative estimate of drug-likeness (QED) is 0.429. The summed E-state index contributed by atoms with van der Waals surface area (Å²) in [6, 6.07) is 7.42. The van der Waals surface area contributed by atoms with Gasteiger partial charge in [0.25, 0.3) is 5.91 Å². The molecule has 39 heavy (non-hydrogen) atoms. The lowest BCUT2D eigenvalue weighted by Gasteiger charge is -2.35. The molecule has 1 saturated heterocycles. The molecule has 208 valence electrons. The minimum atomic E-state index is -0.275. The van der Waals surface area contributed by atoms with Crippen LogP contribution in [0.1, 0.15) is 43.0 Å². The average Bonchev–Trinajstić information content (AvgIpc) is 2.96. The number of benzene rings is 1. The topological polar surface area (TPSA) is 120 Å². The van der Waals surface area contributed by atoms with Crippen molar-refractivity contribution in [1.29, 1.82) is 0 Å². The molecule has 1 fully saturated rings. The number of carbonyl (C=O) groups is 2. The first-order chi connectivity index (χ1) is 18.9. The Morgan fingerprint density at radius 2 is 1.92 bits per heavy atom. The van der Waals surface area contributed by atoms with E-state index >= 15 is 0 Å². The molecular weight excluding hydrogens is 494 g/mol. The summed E-state index contributed by atoms with van der Waals surface area (Å²) in [7, 11) is 4.00. The van der Waals surface area contributed by atoms with Crippen molar-refractivity contribution in [1.82, 2.24) is 14.7 Å². The Bertz CT molecular complexity index is 1190. The fraction of sp³-hybridized carbons (Fsp3) is 0.448. The van der Waals surface area contributed by atoms with E-state index in [0.717, 1.165) is 49.3 Å². The van der Waals surface area contributed by atoms with E-state index < -0.39 is 0 Å². The van der Waals surface area contributed by atoms with Gasteiger partial charge in [0.15, 0.2) is 0 Å². The minimum Gasteiger partial charge on any atom is -0.449 e. The average molecular weight is 535 g/mol. The van der Waals surface area contributed by atoms with Gasteiger partial charge in [-0.05, 0) is 87.8 Å². The number of guanidine groups is 1. The second kappa shape index (κ2) is 13.3. The van der Waals surface area contributed by atoms with Crippen molar-refractivity contribution in [2.24, 2.45) is 15.7 Å². The van der Waals surface area contributed by atoms with E-state index in [1.165, 1.54) is 0 Å². The lowest BCUT2D eigenvalue weighted by atomic mass is 9.97. The molecule has 0 aliphatic carbocycles. The second-order valence-corrected chi connectivity index (χ2v) is 10.1. The number of hydrogen-bond donors (Lipinski definition) is 2. The first-order valence-electron chi connectivity index (χ1n) is 13.7. The highest BCUT2D eigenvalue weighted by Gasteiger charge is 2.26. The third-order valence-electron chi connectivity index (χ3n) is 7.30. The van der Waals surface area contributed by atoms with Gasteiger partial charge in [-0.1, -0.05) is 13.0 Å². The van der Waals surface area contributed by atoms with E-state index in [1.807, 2.05) is 48.6 Å². The van der Waals surface area contributed by atoms with Gasteiger partial charge in [0.1, 0.15) is 0 Å². The standard InChI is InChI=1S/C29H39N7O3/c1-4-20-39-29(38)36-18-11-21(12-19-36)25-6-5-15-31-26(25)33-28(30)32-23-9-7-22(8-10-23)27(37)35(3)24-13-16-34(2)17-14-24/h5-11,15,24H,4,12-14,16-20H2,1-3H3,(H3,30,31,32,33)/p+1. The van der Waals surface area contributed by atoms with Crippen LogP contribution in [0, 0.1) is 0 Å². The molecular formula is C29H40N7O3+. The zero-order chi connectivity index (χ0) is 27.8. The predicted molar refractivity (Wildman–Crippen MR) is 153 cm³/mol. The summed E-state index contributed by atoms with van der Waals surface area (Å²) >= 11 is 0. The molecule has 0 saturated carbocycles. The number of nitrogens with zero attached hydrogens (tertiary/aromatic N) is 5. The number of carbonyl (C=O) groups excluding carboxylic acids is 2. The molecule has 0 spiro atoms. The highest BCUT2D eigenvalue weighted by Crippen LogP contribution is 2.22. The third kappa shape index (κ3) is 7.42. The molecule has 4 N–H and O–H groups in total. The van der Waals surface area contributed by atoms with E-state index in [2.05, 4.69) is 21.9 Å². The van der Waals surface area contributed by atoms with Gasteiger partial charge >= 0.3 is 6.09 Å². The number of ether oxygens (including phenoxy) is 1. The van der Waals surface area contributed by atoms with Crippen molar-refractivity contribution < 1.29 is 19.6 Å². The van der Waals surface area contributed by atoms with E-state index in [-0.39, 0.29) is 24.0 Å². The van der Waals surface area contributed by atoms with Crippen LogP contribution in [0.15, 0.2) is 69.8 Å². The number of likely N-dealkylation sites (tertiary alicyclic amines) is 1. The summed E-state index contributed by atoms with van der Waals surface area (Å²) in [4.78, 5) is 40.0. The number of nitrogens with two attached hydrogens (primary N) is 2. The number of hydrogen-bond acceptors (Lipinski definition) is 5. The summed E-state index contributed by atoms with van der Waals surface area (Å²) in [6.45, 7) is 5.50. The Hall–Kier alpha value is -3.76. The fourth-order valence-corrected chi connectivity index (χ4v) is 4.91. The molecule has 10 heteroatoms. The molecule has 2 amide bonds. The third-order valence-corrected chi connectivity index (χ3v) is 7.30. The van der Waals surface area contributed by atoms with Crippen LogP contribution in [0.25, 0.3) is 0 Å². The number of quaternary nitrogens is 1. The summed E-state index contributed by atoms with van der Waals surface area (Å²) in [5, 5.41) is 1.90. The number of rotatable bonds is 6. The van der Waals surface area contributed by atoms with Gasteiger partial charge in [-0.3, -0.25) is 10.1 Å². The van der Waals surface area contributed by atoms with E-state index in [0.29, 0.717) is 37.4 Å². The summed E-state index contributed by atoms with van der Waals surface area (Å²) < 4.78 is 5.25. The van der Waals surface area contributed by atoms with Crippen LogP contribution in [0.2, 0.25) is 0 Å². The highest BCUT2D eigenvalue weighted by molar-refractivity contribution is 6.04. The van der Waals surface area contributed by atoms with E-state index in [4.69, 9.17) is 10.5 Å². The molecule has 1 aromatic carbocycles. The Kier molecular flexibility index (Phi) is 9.67. The van der Waals surface area contributed by atoms with Crippen LogP contribution in [0.5, 0.6) is 0 Å². The van der Waals surface area contributed by atoms with Gasteiger partial charge < -0.3 is 25.2 Å². The molecule has 0 aromatic heterocycles. The Morgan fingerprint density at radius 1 is 1.18 bits per heavy atom. The number of allylic oxidation sites excluding steroid dienone is 2. The second-order valence-electron chi connectivity index (χ2n) is 10.1. The van der Waals surface area contributed by atoms with Gasteiger partial charge in [0.05, 0.1) is 24.1 Å². The molecule has 10 nitrogen and oxygen atoms in total. The summed E-state index contributed by atoms with van der Waals surface area (Å²) in [5.74, 6) is 0.870. The number of piperidine rings is 1. The Labute approximate surface area is 230 Å². The summed E-state index contributed by atoms with van der Waals surface area (Å²) in [6.07, 6.45) is 11.1. The van der Waals surface area contributed by atoms with Crippen molar-refractivity contribution >= 4 is 29.5 Å². The zero-order valence-corrected chi connectivity index (χ0v) is 23.2. The first kappa shape index (κ1) is 28.3. The van der Waals surface area contributed by atoms with Gasteiger partial charge in [-0.15, -0.1) is 0 Å². The molecule has 3 heterocycles. The van der Waals surface area contributed by atoms with E-state index in [1.54, 1.807) is 29.2 Å². The fourth-order valence-electron chi connectivity index (χ4n) is 4.91. The molecule has 0 atom stereocenters. The van der Waals surface area contributed by atoms with Gasteiger partial charge in [-0.2, -0.15) is 4.99 Å². The smallest absolute Gasteiger partial charge is 0.410 e. The Balaban J connectivity index is 1.40. The Morgan fingerprint density at radius 3 is 2.59 bits per heavy atom. The number of amidine groups is 1.